The Labute approximate surface area is 164 Å². The summed E-state index contributed by atoms with van der Waals surface area (Å²) in [5, 5.41) is 9.02. The Morgan fingerprint density at radius 2 is 1.84 bits per heavy atom. The highest BCUT2D eigenvalue weighted by Crippen LogP contribution is 2.24. The van der Waals surface area contributed by atoms with Gasteiger partial charge in [0.15, 0.2) is 0 Å². The van der Waals surface area contributed by atoms with Crippen molar-refractivity contribution in [2.45, 2.75) is 32.6 Å². The monoisotopic (exact) mass is 431 g/mol. The molecule has 1 aliphatic rings. The van der Waals surface area contributed by atoms with Crippen LogP contribution in [0.25, 0.3) is 0 Å². The Kier molecular flexibility index (Phi) is 10.1. The number of nitrogens with one attached hydrogen (secondary N) is 3. The number of rotatable bonds is 7. The van der Waals surface area contributed by atoms with Gasteiger partial charge >= 0.3 is 0 Å². The number of amides is 2. The summed E-state index contributed by atoms with van der Waals surface area (Å²) >= 11 is 3.35. The lowest BCUT2D eigenvalue weighted by Crippen LogP contribution is -2.34. The second kappa shape index (κ2) is 11.5. The zero-order valence-corrected chi connectivity index (χ0v) is 16.9. The average Bonchev–Trinajstić information content (AvgIpc) is 2.57. The molecule has 3 N–H and O–H groups in total. The van der Waals surface area contributed by atoms with Gasteiger partial charge in [-0.25, -0.2) is 0 Å². The van der Waals surface area contributed by atoms with Crippen LogP contribution in [0.2, 0.25) is 0 Å². The maximum Gasteiger partial charge on any atom is 0.226 e. The van der Waals surface area contributed by atoms with Crippen LogP contribution in [-0.2, 0) is 9.59 Å². The van der Waals surface area contributed by atoms with Crippen molar-refractivity contribution in [3.8, 4) is 0 Å². The van der Waals surface area contributed by atoms with E-state index in [1.165, 1.54) is 0 Å². The Hall–Kier alpha value is -1.11. The van der Waals surface area contributed by atoms with E-state index in [9.17, 15) is 9.59 Å². The average molecular weight is 433 g/mol. The van der Waals surface area contributed by atoms with Crippen LogP contribution >= 0.6 is 28.3 Å². The van der Waals surface area contributed by atoms with Crippen LogP contribution in [0.3, 0.4) is 0 Å². The molecule has 1 aromatic carbocycles. The van der Waals surface area contributed by atoms with Gasteiger partial charge in [-0.2, -0.15) is 0 Å². The van der Waals surface area contributed by atoms with Crippen molar-refractivity contribution >= 4 is 45.8 Å². The van der Waals surface area contributed by atoms with E-state index in [-0.39, 0.29) is 30.6 Å². The van der Waals surface area contributed by atoms with E-state index in [0.717, 1.165) is 36.1 Å². The van der Waals surface area contributed by atoms with Crippen molar-refractivity contribution < 1.29 is 9.59 Å². The summed E-state index contributed by atoms with van der Waals surface area (Å²) in [6.07, 6.45) is 3.11. The highest BCUT2D eigenvalue weighted by molar-refractivity contribution is 9.10. The molecule has 25 heavy (non-hydrogen) atoms. The third-order valence-corrected chi connectivity index (χ3v) is 5.03. The minimum atomic E-state index is -0.0935. The molecule has 0 bridgehead atoms. The van der Waals surface area contributed by atoms with Crippen LogP contribution in [-0.4, -0.2) is 31.4 Å². The van der Waals surface area contributed by atoms with Crippen molar-refractivity contribution in [1.82, 2.24) is 10.6 Å². The molecule has 1 atom stereocenters. The predicted octanol–water partition coefficient (Wildman–Crippen LogP) is 3.34. The molecule has 0 spiro atoms. The molecule has 5 nitrogen and oxygen atoms in total. The van der Waals surface area contributed by atoms with E-state index in [1.807, 2.05) is 24.3 Å². The largest absolute Gasteiger partial charge is 0.356 e. The SMILES string of the molecule is CC(CC(=O)NCCC(=O)Nc1ccc(Br)cc1)C1CCNCC1.Cl. The maximum atomic E-state index is 12.0. The summed E-state index contributed by atoms with van der Waals surface area (Å²) in [5.74, 6) is 0.961. The highest BCUT2D eigenvalue weighted by atomic mass is 79.9. The fraction of sp³-hybridized carbons (Fsp3) is 0.556. The molecule has 2 rings (SSSR count). The molecule has 7 heteroatoms. The molecule has 1 aliphatic heterocycles. The fourth-order valence-electron chi connectivity index (χ4n) is 3.02. The van der Waals surface area contributed by atoms with Crippen molar-refractivity contribution in [1.29, 1.82) is 0 Å². The van der Waals surface area contributed by atoms with Gasteiger partial charge in [-0.3, -0.25) is 9.59 Å². The molecule has 2 amide bonds. The Morgan fingerprint density at radius 1 is 1.20 bits per heavy atom. The van der Waals surface area contributed by atoms with E-state index in [4.69, 9.17) is 0 Å². The molecule has 1 unspecified atom stereocenters. The maximum absolute atomic E-state index is 12.0. The van der Waals surface area contributed by atoms with Gasteiger partial charge < -0.3 is 16.0 Å². The molecule has 1 aromatic rings. The van der Waals surface area contributed by atoms with E-state index < -0.39 is 0 Å². The van der Waals surface area contributed by atoms with Crippen LogP contribution in [0.5, 0.6) is 0 Å². The lowest BCUT2D eigenvalue weighted by Gasteiger charge is -2.27. The topological polar surface area (TPSA) is 70.2 Å². The first-order valence-corrected chi connectivity index (χ1v) is 9.36. The van der Waals surface area contributed by atoms with Crippen molar-refractivity contribution in [2.75, 3.05) is 25.0 Å². The first kappa shape index (κ1) is 21.9. The Bertz CT molecular complexity index is 548. The van der Waals surface area contributed by atoms with Crippen LogP contribution in [0.4, 0.5) is 5.69 Å². The molecular formula is C18H27BrClN3O2. The quantitative estimate of drug-likeness (QED) is 0.619. The molecule has 0 aromatic heterocycles. The van der Waals surface area contributed by atoms with Gasteiger partial charge in [-0.05, 0) is 62.0 Å². The molecule has 1 fully saturated rings. The van der Waals surface area contributed by atoms with E-state index in [0.29, 0.717) is 24.8 Å². The lowest BCUT2D eigenvalue weighted by atomic mass is 9.84. The van der Waals surface area contributed by atoms with Crippen molar-refractivity contribution in [3.63, 3.8) is 0 Å². The highest BCUT2D eigenvalue weighted by Gasteiger charge is 2.21. The van der Waals surface area contributed by atoms with Crippen LogP contribution in [0, 0.1) is 11.8 Å². The van der Waals surface area contributed by atoms with Gasteiger partial charge in [0.2, 0.25) is 11.8 Å². The van der Waals surface area contributed by atoms with E-state index in [2.05, 4.69) is 38.8 Å². The smallest absolute Gasteiger partial charge is 0.226 e. The normalized spacial score (nSPS) is 15.8. The fourth-order valence-corrected chi connectivity index (χ4v) is 3.28. The van der Waals surface area contributed by atoms with Gasteiger partial charge in [-0.1, -0.05) is 22.9 Å². The third-order valence-electron chi connectivity index (χ3n) is 4.50. The molecule has 1 saturated heterocycles. The van der Waals surface area contributed by atoms with Gasteiger partial charge in [0, 0.05) is 29.5 Å². The minimum absolute atomic E-state index is 0. The molecule has 140 valence electrons. The summed E-state index contributed by atoms with van der Waals surface area (Å²) < 4.78 is 0.968. The molecule has 0 saturated carbocycles. The van der Waals surface area contributed by atoms with Crippen molar-refractivity contribution in [2.24, 2.45) is 11.8 Å². The van der Waals surface area contributed by atoms with Crippen LogP contribution < -0.4 is 16.0 Å². The van der Waals surface area contributed by atoms with Crippen molar-refractivity contribution in [3.05, 3.63) is 28.7 Å². The van der Waals surface area contributed by atoms with Gasteiger partial charge in [0.05, 0.1) is 0 Å². The Morgan fingerprint density at radius 3 is 2.48 bits per heavy atom. The zero-order valence-electron chi connectivity index (χ0n) is 14.5. The third kappa shape index (κ3) is 8.21. The van der Waals surface area contributed by atoms with E-state index in [1.54, 1.807) is 0 Å². The van der Waals surface area contributed by atoms with Crippen LogP contribution in [0.1, 0.15) is 32.6 Å². The first-order chi connectivity index (χ1) is 11.5. The summed E-state index contributed by atoms with van der Waals surface area (Å²) in [5.41, 5.74) is 0.758. The predicted molar refractivity (Wildman–Crippen MR) is 107 cm³/mol. The number of piperidine rings is 1. The number of hydrogen-bond acceptors (Lipinski definition) is 3. The number of halogens is 2. The summed E-state index contributed by atoms with van der Waals surface area (Å²) in [4.78, 5) is 23.9. The van der Waals surface area contributed by atoms with E-state index >= 15 is 0 Å². The number of carbonyl (C=O) groups is 2. The summed E-state index contributed by atoms with van der Waals surface area (Å²) in [7, 11) is 0. The molecular weight excluding hydrogens is 406 g/mol. The number of carbonyl (C=O) groups excluding carboxylic acids is 2. The first-order valence-electron chi connectivity index (χ1n) is 8.57. The van der Waals surface area contributed by atoms with Gasteiger partial charge in [0.25, 0.3) is 0 Å². The second-order valence-corrected chi connectivity index (χ2v) is 7.34. The zero-order chi connectivity index (χ0) is 17.4. The van der Waals surface area contributed by atoms with Crippen LogP contribution in [0.15, 0.2) is 28.7 Å². The van der Waals surface area contributed by atoms with Gasteiger partial charge in [0.1, 0.15) is 0 Å². The summed E-state index contributed by atoms with van der Waals surface area (Å²) in [6, 6.07) is 7.42. The minimum Gasteiger partial charge on any atom is -0.356 e. The molecule has 0 aliphatic carbocycles. The summed E-state index contributed by atoms with van der Waals surface area (Å²) in [6.45, 7) is 4.62. The van der Waals surface area contributed by atoms with Gasteiger partial charge in [-0.15, -0.1) is 12.4 Å². The molecule has 1 heterocycles. The number of anilines is 1. The number of benzene rings is 1. The second-order valence-electron chi connectivity index (χ2n) is 6.42. The standard InChI is InChI=1S/C18H26BrN3O2.ClH/c1-13(14-6-9-20-10-7-14)12-18(24)21-11-8-17(23)22-16-4-2-15(19)3-5-16;/h2-5,13-14,20H,6-12H2,1H3,(H,21,24)(H,22,23);1H. The number of hydrogen-bond donors (Lipinski definition) is 3. The molecule has 0 radical (unpaired) electrons. The Balaban J connectivity index is 0.00000312. The lowest BCUT2D eigenvalue weighted by molar-refractivity contribution is -0.122.